The summed E-state index contributed by atoms with van der Waals surface area (Å²) >= 11 is 0. The second-order valence-electron chi connectivity index (χ2n) is 10.4. The molecule has 0 fully saturated rings. The zero-order valence-electron chi connectivity index (χ0n) is 23.5. The van der Waals surface area contributed by atoms with E-state index in [0.717, 1.165) is 17.1 Å². The highest BCUT2D eigenvalue weighted by Crippen LogP contribution is 2.56. The summed E-state index contributed by atoms with van der Waals surface area (Å²) in [6, 6.07) is 44.8. The van der Waals surface area contributed by atoms with Gasteiger partial charge in [-0.3, -0.25) is 0 Å². The number of hydrogen-bond donors (Lipinski definition) is 3. The fourth-order valence-corrected chi connectivity index (χ4v) is 6.09. The summed E-state index contributed by atoms with van der Waals surface area (Å²) in [5.41, 5.74) is 9.99. The van der Waals surface area contributed by atoms with E-state index in [0.29, 0.717) is 17.7 Å². The molecule has 0 amide bonds. The number of para-hydroxylation sites is 1. The fourth-order valence-electron chi connectivity index (χ4n) is 6.09. The van der Waals surface area contributed by atoms with Crippen molar-refractivity contribution in [2.24, 2.45) is 0 Å². The van der Waals surface area contributed by atoms with Crippen LogP contribution in [0.3, 0.4) is 0 Å². The van der Waals surface area contributed by atoms with Crippen LogP contribution in [0.2, 0.25) is 0 Å². The number of nitrogens with zero attached hydrogens (tertiary/aromatic N) is 3. The van der Waals surface area contributed by atoms with Crippen LogP contribution in [0, 0.1) is 6.92 Å². The average molecular weight is 547 g/mol. The maximum atomic E-state index is 4.61. The smallest absolute Gasteiger partial charge is 0.232 e. The molecule has 42 heavy (non-hydrogen) atoms. The topological polar surface area (TPSA) is 74.8 Å². The van der Waals surface area contributed by atoms with Crippen LogP contribution in [-0.2, 0) is 5.41 Å². The Morgan fingerprint density at radius 1 is 0.476 bits per heavy atom. The van der Waals surface area contributed by atoms with Gasteiger partial charge in [-0.2, -0.15) is 15.0 Å². The zero-order valence-corrected chi connectivity index (χ0v) is 23.5. The van der Waals surface area contributed by atoms with E-state index in [1.165, 1.54) is 33.4 Å². The van der Waals surface area contributed by atoms with Gasteiger partial charge in [-0.1, -0.05) is 91.0 Å². The first-order chi connectivity index (χ1) is 20.6. The largest absolute Gasteiger partial charge is 0.388 e. The molecular formula is C36H30N6. The van der Waals surface area contributed by atoms with Crippen LogP contribution in [-0.4, -0.2) is 22.0 Å². The van der Waals surface area contributed by atoms with Gasteiger partial charge in [0.05, 0.1) is 5.41 Å². The number of hydrogen-bond acceptors (Lipinski definition) is 6. The van der Waals surface area contributed by atoms with E-state index in [4.69, 9.17) is 0 Å². The van der Waals surface area contributed by atoms with Crippen LogP contribution in [0.15, 0.2) is 127 Å². The van der Waals surface area contributed by atoms with Crippen molar-refractivity contribution in [1.29, 1.82) is 0 Å². The lowest BCUT2D eigenvalue weighted by atomic mass is 9.67. The Hall–Kier alpha value is -5.49. The van der Waals surface area contributed by atoms with E-state index in [-0.39, 0.29) is 0 Å². The van der Waals surface area contributed by atoms with Crippen molar-refractivity contribution in [1.82, 2.24) is 15.0 Å². The molecular weight excluding hydrogens is 516 g/mol. The summed E-state index contributed by atoms with van der Waals surface area (Å²) in [5, 5.41) is 9.90. The molecule has 5 aromatic carbocycles. The molecule has 1 aromatic heterocycles. The number of nitrogens with one attached hydrogen (secondary N) is 3. The zero-order chi connectivity index (χ0) is 28.5. The highest BCUT2D eigenvalue weighted by molar-refractivity contribution is 5.86. The minimum Gasteiger partial charge on any atom is -0.388 e. The van der Waals surface area contributed by atoms with E-state index in [2.05, 4.69) is 128 Å². The van der Waals surface area contributed by atoms with Crippen molar-refractivity contribution >= 4 is 29.0 Å². The third kappa shape index (κ3) is 4.34. The molecule has 0 aliphatic heterocycles. The van der Waals surface area contributed by atoms with Crippen molar-refractivity contribution in [3.05, 3.63) is 155 Å². The SMILES string of the molecule is CNc1ccc(C2(c3ccc(Nc4nc(C)nc(Nc5ccccc5)n4)cc3)c3ccccc3-c3ccccc32)cc1. The Bertz CT molecular complexity index is 1820. The van der Waals surface area contributed by atoms with Crippen molar-refractivity contribution in [3.63, 3.8) is 0 Å². The molecule has 0 saturated heterocycles. The van der Waals surface area contributed by atoms with Crippen LogP contribution in [0.1, 0.15) is 28.1 Å². The second-order valence-corrected chi connectivity index (χ2v) is 10.4. The molecule has 1 heterocycles. The first kappa shape index (κ1) is 25.5. The van der Waals surface area contributed by atoms with Crippen molar-refractivity contribution in [2.45, 2.75) is 12.3 Å². The summed E-state index contributed by atoms with van der Waals surface area (Å²) in [5.74, 6) is 1.62. The van der Waals surface area contributed by atoms with Crippen LogP contribution < -0.4 is 16.0 Å². The number of aryl methyl sites for hydroxylation is 1. The molecule has 7 rings (SSSR count). The molecule has 1 aliphatic carbocycles. The van der Waals surface area contributed by atoms with Crippen molar-refractivity contribution in [3.8, 4) is 11.1 Å². The van der Waals surface area contributed by atoms with Crippen LogP contribution in [0.5, 0.6) is 0 Å². The molecule has 0 atom stereocenters. The highest BCUT2D eigenvalue weighted by Gasteiger charge is 2.45. The molecule has 6 aromatic rings. The summed E-state index contributed by atoms with van der Waals surface area (Å²) < 4.78 is 0. The average Bonchev–Trinajstić information content (AvgIpc) is 3.33. The van der Waals surface area contributed by atoms with E-state index in [1.807, 2.05) is 44.3 Å². The predicted octanol–water partition coefficient (Wildman–Crippen LogP) is 8.07. The van der Waals surface area contributed by atoms with Gasteiger partial charge < -0.3 is 16.0 Å². The Morgan fingerprint density at radius 3 is 1.45 bits per heavy atom. The van der Waals surface area contributed by atoms with Gasteiger partial charge >= 0.3 is 0 Å². The fraction of sp³-hybridized carbons (Fsp3) is 0.0833. The van der Waals surface area contributed by atoms with Crippen LogP contribution >= 0.6 is 0 Å². The molecule has 204 valence electrons. The Kier molecular flexibility index (Phi) is 6.36. The van der Waals surface area contributed by atoms with Gasteiger partial charge in [-0.05, 0) is 76.7 Å². The maximum absolute atomic E-state index is 4.61. The standard InChI is InChI=1S/C36H30N6/c1-24-38-34(40-28-10-4-3-5-11-28)42-35(39-24)41-29-22-18-26(19-23-29)36(25-16-20-27(37-2)21-17-25)32-14-8-6-12-30(32)31-13-7-9-15-33(31)36/h3-23,37H,1-2H3,(H2,38,39,40,41,42). The van der Waals surface area contributed by atoms with Gasteiger partial charge in [0.2, 0.25) is 11.9 Å². The predicted molar refractivity (Wildman–Crippen MR) is 171 cm³/mol. The minimum absolute atomic E-state index is 0.450. The lowest BCUT2D eigenvalue weighted by molar-refractivity contribution is 0.769. The lowest BCUT2D eigenvalue weighted by Crippen LogP contribution is -2.28. The number of fused-ring (bicyclic) bond motifs is 3. The van der Waals surface area contributed by atoms with Gasteiger partial charge in [-0.15, -0.1) is 0 Å². The normalized spacial score (nSPS) is 12.7. The van der Waals surface area contributed by atoms with Crippen LogP contribution in [0.4, 0.5) is 29.0 Å². The molecule has 0 bridgehead atoms. The molecule has 0 radical (unpaired) electrons. The Balaban J connectivity index is 1.29. The molecule has 0 spiro atoms. The Labute approximate surface area is 245 Å². The number of benzene rings is 5. The molecule has 6 heteroatoms. The first-order valence-electron chi connectivity index (χ1n) is 14.0. The molecule has 0 unspecified atom stereocenters. The van der Waals surface area contributed by atoms with Crippen molar-refractivity contribution < 1.29 is 0 Å². The molecule has 3 N–H and O–H groups in total. The monoisotopic (exact) mass is 546 g/mol. The highest BCUT2D eigenvalue weighted by atomic mass is 15.2. The summed E-state index contributed by atoms with van der Waals surface area (Å²) in [4.78, 5) is 13.6. The second kappa shape index (κ2) is 10.5. The number of anilines is 5. The van der Waals surface area contributed by atoms with Crippen LogP contribution in [0.25, 0.3) is 11.1 Å². The van der Waals surface area contributed by atoms with Gasteiger partial charge in [-0.25, -0.2) is 0 Å². The third-order valence-electron chi connectivity index (χ3n) is 7.91. The van der Waals surface area contributed by atoms with Gasteiger partial charge in [0.15, 0.2) is 0 Å². The van der Waals surface area contributed by atoms with E-state index >= 15 is 0 Å². The van der Waals surface area contributed by atoms with Gasteiger partial charge in [0.25, 0.3) is 0 Å². The van der Waals surface area contributed by atoms with E-state index < -0.39 is 5.41 Å². The van der Waals surface area contributed by atoms with Crippen molar-refractivity contribution in [2.75, 3.05) is 23.0 Å². The first-order valence-corrected chi connectivity index (χ1v) is 14.0. The van der Waals surface area contributed by atoms with E-state index in [1.54, 1.807) is 0 Å². The number of rotatable bonds is 7. The minimum atomic E-state index is -0.450. The summed E-state index contributed by atoms with van der Waals surface area (Å²) in [7, 11) is 1.95. The lowest BCUT2D eigenvalue weighted by Gasteiger charge is -2.34. The summed E-state index contributed by atoms with van der Waals surface area (Å²) in [6.07, 6.45) is 0. The van der Waals surface area contributed by atoms with Gasteiger partial charge in [0.1, 0.15) is 5.82 Å². The maximum Gasteiger partial charge on any atom is 0.232 e. The van der Waals surface area contributed by atoms with Gasteiger partial charge in [0, 0.05) is 24.1 Å². The summed E-state index contributed by atoms with van der Waals surface area (Å²) in [6.45, 7) is 1.87. The molecule has 0 saturated carbocycles. The third-order valence-corrected chi connectivity index (χ3v) is 7.91. The Morgan fingerprint density at radius 2 is 0.929 bits per heavy atom. The van der Waals surface area contributed by atoms with E-state index in [9.17, 15) is 0 Å². The quantitative estimate of drug-likeness (QED) is 0.188. The number of aromatic nitrogens is 3. The molecule has 6 nitrogen and oxygen atoms in total. The molecule has 1 aliphatic rings.